The number of ether oxygens (including phenoxy) is 1. The van der Waals surface area contributed by atoms with E-state index >= 15 is 0 Å². The maximum Gasteiger partial charge on any atom is 0.309 e. The molecule has 4 rings (SSSR count). The molecule has 0 radical (unpaired) electrons. The van der Waals surface area contributed by atoms with Gasteiger partial charge in [0.15, 0.2) is 0 Å². The molecule has 2 fully saturated rings. The minimum atomic E-state index is -0.725. The summed E-state index contributed by atoms with van der Waals surface area (Å²) >= 11 is 0. The summed E-state index contributed by atoms with van der Waals surface area (Å²) in [4.78, 5) is 22.7. The van der Waals surface area contributed by atoms with Gasteiger partial charge in [-0.15, -0.1) is 0 Å². The standard InChI is InChI=1S/C20H23N3O3/c24-20(25)16-8-11-26-19(16)15-6-9-23(10-7-15)18-13-21-17(12-22-18)14-4-2-1-3-5-14/h1-5,12-13,15-16,19H,6-11H2,(H,24,25)/t16-,19+/m1/s1. The average molecular weight is 353 g/mol. The summed E-state index contributed by atoms with van der Waals surface area (Å²) in [5, 5.41) is 9.36. The summed E-state index contributed by atoms with van der Waals surface area (Å²) < 4.78 is 5.74. The van der Waals surface area contributed by atoms with E-state index in [1.54, 1.807) is 0 Å². The van der Waals surface area contributed by atoms with E-state index in [9.17, 15) is 9.90 Å². The fourth-order valence-corrected chi connectivity index (χ4v) is 4.04. The molecule has 6 nitrogen and oxygen atoms in total. The molecule has 0 saturated carbocycles. The van der Waals surface area contributed by atoms with Crippen molar-refractivity contribution in [2.24, 2.45) is 11.8 Å². The van der Waals surface area contributed by atoms with Gasteiger partial charge in [0.2, 0.25) is 0 Å². The van der Waals surface area contributed by atoms with Gasteiger partial charge in [0, 0.05) is 25.3 Å². The van der Waals surface area contributed by atoms with Crippen molar-refractivity contribution < 1.29 is 14.6 Å². The molecule has 0 aliphatic carbocycles. The zero-order chi connectivity index (χ0) is 17.9. The predicted octanol–water partition coefficient (Wildman–Crippen LogP) is 2.85. The number of rotatable bonds is 4. The summed E-state index contributed by atoms with van der Waals surface area (Å²) in [6.45, 7) is 2.28. The lowest BCUT2D eigenvalue weighted by molar-refractivity contribution is -0.144. The molecule has 1 aromatic carbocycles. The quantitative estimate of drug-likeness (QED) is 0.911. The number of anilines is 1. The zero-order valence-corrected chi connectivity index (χ0v) is 14.6. The first kappa shape index (κ1) is 17.0. The molecule has 26 heavy (non-hydrogen) atoms. The van der Waals surface area contributed by atoms with E-state index < -0.39 is 5.97 Å². The third-order valence-corrected chi connectivity index (χ3v) is 5.49. The zero-order valence-electron chi connectivity index (χ0n) is 14.6. The van der Waals surface area contributed by atoms with E-state index in [0.717, 1.165) is 43.0 Å². The van der Waals surface area contributed by atoms with Crippen molar-refractivity contribution in [3.63, 3.8) is 0 Å². The third-order valence-electron chi connectivity index (χ3n) is 5.49. The second-order valence-electron chi connectivity index (χ2n) is 7.02. The van der Waals surface area contributed by atoms with E-state index in [1.165, 1.54) is 0 Å². The maximum absolute atomic E-state index is 11.4. The van der Waals surface area contributed by atoms with E-state index in [1.807, 2.05) is 42.7 Å². The number of carbonyl (C=O) groups is 1. The number of hydrogen-bond acceptors (Lipinski definition) is 5. The van der Waals surface area contributed by atoms with Gasteiger partial charge in [-0.3, -0.25) is 9.78 Å². The van der Waals surface area contributed by atoms with Gasteiger partial charge in [0.25, 0.3) is 0 Å². The second-order valence-corrected chi connectivity index (χ2v) is 7.02. The Morgan fingerprint density at radius 1 is 1.08 bits per heavy atom. The predicted molar refractivity (Wildman–Crippen MR) is 97.9 cm³/mol. The van der Waals surface area contributed by atoms with Crippen LogP contribution in [-0.2, 0) is 9.53 Å². The normalized spacial score (nSPS) is 23.9. The molecule has 0 amide bonds. The van der Waals surface area contributed by atoms with Crippen LogP contribution in [0, 0.1) is 11.8 Å². The van der Waals surface area contributed by atoms with Gasteiger partial charge in [-0.25, -0.2) is 4.98 Å². The molecule has 2 aliphatic rings. The van der Waals surface area contributed by atoms with Gasteiger partial charge in [0.1, 0.15) is 5.82 Å². The average Bonchev–Trinajstić information content (AvgIpc) is 3.19. The highest BCUT2D eigenvalue weighted by Gasteiger charge is 2.40. The van der Waals surface area contributed by atoms with Gasteiger partial charge in [0.05, 0.1) is 30.1 Å². The van der Waals surface area contributed by atoms with Crippen molar-refractivity contribution in [3.8, 4) is 11.3 Å². The molecule has 2 atom stereocenters. The highest BCUT2D eigenvalue weighted by molar-refractivity contribution is 5.71. The number of hydrogen-bond donors (Lipinski definition) is 1. The monoisotopic (exact) mass is 353 g/mol. The second kappa shape index (κ2) is 7.41. The number of piperidine rings is 1. The summed E-state index contributed by atoms with van der Waals surface area (Å²) in [7, 11) is 0. The molecule has 2 aliphatic heterocycles. The van der Waals surface area contributed by atoms with Crippen LogP contribution < -0.4 is 4.90 Å². The smallest absolute Gasteiger partial charge is 0.309 e. The number of nitrogens with zero attached hydrogens (tertiary/aromatic N) is 3. The van der Waals surface area contributed by atoms with Crippen LogP contribution >= 0.6 is 0 Å². The van der Waals surface area contributed by atoms with Gasteiger partial charge >= 0.3 is 5.97 Å². The van der Waals surface area contributed by atoms with E-state index in [0.29, 0.717) is 18.9 Å². The summed E-state index contributed by atoms with van der Waals surface area (Å²) in [5.74, 6) is 0.116. The number of benzene rings is 1. The van der Waals surface area contributed by atoms with Gasteiger partial charge in [-0.05, 0) is 25.2 Å². The Balaban J connectivity index is 1.38. The van der Waals surface area contributed by atoms with Crippen LogP contribution in [0.5, 0.6) is 0 Å². The first-order valence-electron chi connectivity index (χ1n) is 9.19. The number of aliphatic carboxylic acids is 1. The lowest BCUT2D eigenvalue weighted by Crippen LogP contribution is -2.41. The van der Waals surface area contributed by atoms with Crippen LogP contribution in [0.3, 0.4) is 0 Å². The molecular weight excluding hydrogens is 330 g/mol. The highest BCUT2D eigenvalue weighted by Crippen LogP contribution is 2.34. The van der Waals surface area contributed by atoms with E-state index in [2.05, 4.69) is 14.9 Å². The Morgan fingerprint density at radius 3 is 2.50 bits per heavy atom. The summed E-state index contributed by atoms with van der Waals surface area (Å²) in [5.41, 5.74) is 1.93. The van der Waals surface area contributed by atoms with Crippen LogP contribution in [0.15, 0.2) is 42.7 Å². The molecule has 136 valence electrons. The fraction of sp³-hybridized carbons (Fsp3) is 0.450. The van der Waals surface area contributed by atoms with Crippen molar-refractivity contribution in [3.05, 3.63) is 42.7 Å². The first-order chi connectivity index (χ1) is 12.7. The number of carboxylic acid groups (broad SMARTS) is 1. The molecule has 2 saturated heterocycles. The Labute approximate surface area is 152 Å². The fourth-order valence-electron chi connectivity index (χ4n) is 4.04. The highest BCUT2D eigenvalue weighted by atomic mass is 16.5. The third kappa shape index (κ3) is 3.42. The Bertz CT molecular complexity index is 743. The molecule has 0 bridgehead atoms. The van der Waals surface area contributed by atoms with Gasteiger partial charge in [-0.1, -0.05) is 30.3 Å². The molecular formula is C20H23N3O3. The van der Waals surface area contributed by atoms with Crippen LogP contribution in [0.1, 0.15) is 19.3 Å². The summed E-state index contributed by atoms with van der Waals surface area (Å²) in [6, 6.07) is 10.0. The Kier molecular flexibility index (Phi) is 4.84. The molecule has 3 heterocycles. The van der Waals surface area contributed by atoms with Crippen LogP contribution in [0.2, 0.25) is 0 Å². The van der Waals surface area contributed by atoms with Crippen molar-refractivity contribution in [2.45, 2.75) is 25.4 Å². The number of carboxylic acids is 1. The maximum atomic E-state index is 11.4. The molecule has 0 unspecified atom stereocenters. The van der Waals surface area contributed by atoms with Crippen molar-refractivity contribution >= 4 is 11.8 Å². The van der Waals surface area contributed by atoms with Crippen molar-refractivity contribution in [1.29, 1.82) is 0 Å². The van der Waals surface area contributed by atoms with Crippen LogP contribution in [-0.4, -0.2) is 46.8 Å². The minimum absolute atomic E-state index is 0.138. The Hall–Kier alpha value is -2.47. The van der Waals surface area contributed by atoms with Crippen LogP contribution in [0.25, 0.3) is 11.3 Å². The van der Waals surface area contributed by atoms with E-state index in [-0.39, 0.29) is 12.0 Å². The first-order valence-corrected chi connectivity index (χ1v) is 9.19. The Morgan fingerprint density at radius 2 is 1.85 bits per heavy atom. The summed E-state index contributed by atoms with van der Waals surface area (Å²) in [6.07, 6.45) is 5.99. The lowest BCUT2D eigenvalue weighted by Gasteiger charge is -2.36. The van der Waals surface area contributed by atoms with Crippen molar-refractivity contribution in [1.82, 2.24) is 9.97 Å². The number of aromatic nitrogens is 2. The minimum Gasteiger partial charge on any atom is -0.481 e. The molecule has 1 N–H and O–H groups in total. The molecule has 1 aromatic heterocycles. The molecule has 0 spiro atoms. The van der Waals surface area contributed by atoms with Crippen molar-refractivity contribution in [2.75, 3.05) is 24.6 Å². The van der Waals surface area contributed by atoms with Gasteiger partial charge in [-0.2, -0.15) is 0 Å². The topological polar surface area (TPSA) is 75.6 Å². The SMILES string of the molecule is O=C(O)[C@@H]1CCO[C@H]1C1CCN(c2cnc(-c3ccccc3)cn2)CC1. The van der Waals surface area contributed by atoms with E-state index in [4.69, 9.17) is 4.74 Å². The van der Waals surface area contributed by atoms with Gasteiger partial charge < -0.3 is 14.7 Å². The molecule has 6 heteroatoms. The molecule has 2 aromatic rings. The van der Waals surface area contributed by atoms with Crippen LogP contribution in [0.4, 0.5) is 5.82 Å². The lowest BCUT2D eigenvalue weighted by atomic mass is 9.84. The largest absolute Gasteiger partial charge is 0.481 e.